The molecule has 0 unspecified atom stereocenters. The molecule has 9 nitrogen and oxygen atoms in total. The third-order valence-corrected chi connectivity index (χ3v) is 4.90. The second-order valence-electron chi connectivity index (χ2n) is 7.22. The van der Waals surface area contributed by atoms with Crippen LogP contribution in [0.4, 0.5) is 5.95 Å². The molecule has 4 heterocycles. The molecule has 1 fully saturated rings. The molecule has 1 aliphatic rings. The molecule has 0 atom stereocenters. The van der Waals surface area contributed by atoms with Crippen molar-refractivity contribution < 1.29 is 13.9 Å². The second-order valence-corrected chi connectivity index (χ2v) is 7.22. The number of pyridine rings is 1. The molecule has 0 saturated carbocycles. The molecule has 1 saturated heterocycles. The van der Waals surface area contributed by atoms with E-state index in [1.54, 1.807) is 12.4 Å². The molecule has 0 bridgehead atoms. The Morgan fingerprint density at radius 1 is 1.16 bits per heavy atom. The van der Waals surface area contributed by atoms with Crippen molar-refractivity contribution in [3.63, 3.8) is 0 Å². The van der Waals surface area contributed by atoms with E-state index >= 15 is 0 Å². The molecule has 0 radical (unpaired) electrons. The zero-order valence-corrected chi connectivity index (χ0v) is 17.8. The minimum Gasteiger partial charge on any atom is -0.464 e. The Labute approximate surface area is 181 Å². The lowest BCUT2D eigenvalue weighted by Gasteiger charge is -2.26. The number of aromatic nitrogens is 4. The molecule has 4 rings (SSSR count). The van der Waals surface area contributed by atoms with Crippen LogP contribution in [-0.2, 0) is 17.7 Å². The van der Waals surface area contributed by atoms with Crippen LogP contribution >= 0.6 is 0 Å². The number of nitrogens with zero attached hydrogens (tertiary/aromatic N) is 6. The molecule has 0 aliphatic carbocycles. The zero-order valence-electron chi connectivity index (χ0n) is 17.8. The summed E-state index contributed by atoms with van der Waals surface area (Å²) in [5.41, 5.74) is 2.07. The molecule has 0 spiro atoms. The maximum atomic E-state index is 5.83. The van der Waals surface area contributed by atoms with Gasteiger partial charge in [-0.1, -0.05) is 6.07 Å². The largest absolute Gasteiger partial charge is 0.464 e. The first-order valence-electron chi connectivity index (χ1n) is 10.3. The topological polar surface area (TPSA) is 98.8 Å². The van der Waals surface area contributed by atoms with Gasteiger partial charge in [0, 0.05) is 31.4 Å². The highest BCUT2D eigenvalue weighted by molar-refractivity contribution is 5.75. The molecular formula is C22H26N6O3. The molecule has 9 heteroatoms. The Morgan fingerprint density at radius 2 is 2.03 bits per heavy atom. The molecule has 31 heavy (non-hydrogen) atoms. The zero-order chi connectivity index (χ0) is 21.5. The average Bonchev–Trinajstić information content (AvgIpc) is 3.12. The van der Waals surface area contributed by atoms with Gasteiger partial charge >= 0.3 is 6.01 Å². The highest BCUT2D eigenvalue weighted by atomic mass is 16.5. The average molecular weight is 422 g/mol. The number of aliphatic imine (C=N–C) groups is 1. The van der Waals surface area contributed by atoms with Crippen molar-refractivity contribution in [2.75, 3.05) is 37.8 Å². The summed E-state index contributed by atoms with van der Waals surface area (Å²) >= 11 is 0. The number of anilines is 1. The number of aryl methyl sites for hydroxylation is 2. The highest BCUT2D eigenvalue weighted by Gasteiger charge is 2.17. The van der Waals surface area contributed by atoms with Crippen LogP contribution in [0.2, 0.25) is 0 Å². The van der Waals surface area contributed by atoms with Crippen molar-refractivity contribution >= 4 is 12.2 Å². The lowest BCUT2D eigenvalue weighted by molar-refractivity contribution is 0.122. The highest BCUT2D eigenvalue weighted by Crippen LogP contribution is 2.15. The number of ether oxygens (including phenoxy) is 2. The molecule has 0 aromatic carbocycles. The van der Waals surface area contributed by atoms with Gasteiger partial charge in [0.2, 0.25) is 5.95 Å². The van der Waals surface area contributed by atoms with Crippen LogP contribution in [0.3, 0.4) is 0 Å². The summed E-state index contributed by atoms with van der Waals surface area (Å²) in [4.78, 5) is 24.3. The molecule has 3 aromatic rings. The lowest BCUT2D eigenvalue weighted by Crippen LogP contribution is -2.37. The maximum Gasteiger partial charge on any atom is 0.321 e. The van der Waals surface area contributed by atoms with Gasteiger partial charge in [-0.3, -0.25) is 9.98 Å². The minimum atomic E-state index is 0.276. The van der Waals surface area contributed by atoms with E-state index in [4.69, 9.17) is 13.9 Å². The van der Waals surface area contributed by atoms with Crippen LogP contribution in [0, 0.1) is 13.8 Å². The van der Waals surface area contributed by atoms with Gasteiger partial charge < -0.3 is 18.8 Å². The van der Waals surface area contributed by atoms with E-state index in [1.807, 2.05) is 38.1 Å². The molecule has 1 aliphatic heterocycles. The van der Waals surface area contributed by atoms with E-state index in [0.717, 1.165) is 35.9 Å². The Morgan fingerprint density at radius 3 is 2.77 bits per heavy atom. The number of hydrogen-bond acceptors (Lipinski definition) is 9. The Balaban J connectivity index is 1.47. The van der Waals surface area contributed by atoms with Crippen LogP contribution < -0.4 is 9.64 Å². The first kappa shape index (κ1) is 20.9. The first-order chi connectivity index (χ1) is 15.2. The predicted octanol–water partition coefficient (Wildman–Crippen LogP) is 2.55. The lowest BCUT2D eigenvalue weighted by atomic mass is 10.3. The van der Waals surface area contributed by atoms with Crippen LogP contribution in [0.25, 0.3) is 0 Å². The maximum absolute atomic E-state index is 5.83. The van der Waals surface area contributed by atoms with Crippen molar-refractivity contribution in [3.05, 3.63) is 59.1 Å². The van der Waals surface area contributed by atoms with Crippen molar-refractivity contribution in [1.29, 1.82) is 0 Å². The summed E-state index contributed by atoms with van der Waals surface area (Å²) in [6.45, 7) is 7.52. The Bertz CT molecular complexity index is 996. The van der Waals surface area contributed by atoms with E-state index < -0.39 is 0 Å². The quantitative estimate of drug-likeness (QED) is 0.511. The fourth-order valence-corrected chi connectivity index (χ4v) is 3.13. The van der Waals surface area contributed by atoms with Crippen LogP contribution in [0.15, 0.2) is 39.9 Å². The van der Waals surface area contributed by atoms with Crippen molar-refractivity contribution in [2.45, 2.75) is 26.8 Å². The summed E-state index contributed by atoms with van der Waals surface area (Å²) in [6.07, 6.45) is 4.07. The van der Waals surface area contributed by atoms with Gasteiger partial charge in [-0.15, -0.1) is 0 Å². The van der Waals surface area contributed by atoms with Crippen molar-refractivity contribution in [2.24, 2.45) is 4.99 Å². The van der Waals surface area contributed by atoms with E-state index in [0.29, 0.717) is 44.6 Å². The monoisotopic (exact) mass is 422 g/mol. The van der Waals surface area contributed by atoms with Crippen LogP contribution in [0.1, 0.15) is 28.6 Å². The summed E-state index contributed by atoms with van der Waals surface area (Å²) in [7, 11) is 0. The van der Waals surface area contributed by atoms with Crippen molar-refractivity contribution in [1.82, 2.24) is 19.9 Å². The summed E-state index contributed by atoms with van der Waals surface area (Å²) < 4.78 is 16.9. The fourth-order valence-electron chi connectivity index (χ4n) is 3.13. The van der Waals surface area contributed by atoms with Gasteiger partial charge in [0.05, 0.1) is 32.6 Å². The third-order valence-electron chi connectivity index (χ3n) is 4.90. The summed E-state index contributed by atoms with van der Waals surface area (Å²) in [6, 6.07) is 8.08. The molecular weight excluding hydrogens is 396 g/mol. The van der Waals surface area contributed by atoms with Gasteiger partial charge in [-0.05, 0) is 37.6 Å². The Hall–Kier alpha value is -3.33. The summed E-state index contributed by atoms with van der Waals surface area (Å²) in [5, 5.41) is 0. The first-order valence-corrected chi connectivity index (χ1v) is 10.3. The normalized spacial score (nSPS) is 14.3. The standard InChI is InChI=1S/C22H26N6O3/c1-16-13-19(31-17(16)2)14-23-15-20-25-21(28-8-11-29-12-9-28)27-22(26-20)30-10-6-18-5-3-4-7-24-18/h3-5,7,13,15H,6,8-12,14H2,1-2H3. The minimum absolute atomic E-state index is 0.276. The second kappa shape index (κ2) is 10.1. The smallest absolute Gasteiger partial charge is 0.321 e. The number of furan rings is 1. The van der Waals surface area contributed by atoms with Gasteiger partial charge in [0.1, 0.15) is 11.5 Å². The molecule has 0 N–H and O–H groups in total. The van der Waals surface area contributed by atoms with Gasteiger partial charge in [0.15, 0.2) is 5.82 Å². The van der Waals surface area contributed by atoms with Gasteiger partial charge in [-0.25, -0.2) is 0 Å². The SMILES string of the molecule is Cc1cc(CN=Cc2nc(OCCc3ccccn3)nc(N3CCOCC3)n2)oc1C. The van der Waals surface area contributed by atoms with Crippen LogP contribution in [0.5, 0.6) is 6.01 Å². The third kappa shape index (κ3) is 5.85. The molecule has 3 aromatic heterocycles. The summed E-state index contributed by atoms with van der Waals surface area (Å²) in [5.74, 6) is 2.73. The molecule has 162 valence electrons. The van der Waals surface area contributed by atoms with Crippen LogP contribution in [-0.4, -0.2) is 59.1 Å². The Kier molecular flexibility index (Phi) is 6.83. The van der Waals surface area contributed by atoms with Crippen molar-refractivity contribution in [3.8, 4) is 6.01 Å². The number of rotatable bonds is 8. The van der Waals surface area contributed by atoms with E-state index in [9.17, 15) is 0 Å². The fraction of sp³-hybridized carbons (Fsp3) is 0.409. The number of morpholine rings is 1. The number of hydrogen-bond donors (Lipinski definition) is 0. The van der Waals surface area contributed by atoms with E-state index in [1.165, 1.54) is 0 Å². The van der Waals surface area contributed by atoms with Gasteiger partial charge in [-0.2, -0.15) is 15.0 Å². The molecule has 0 amide bonds. The predicted molar refractivity (Wildman–Crippen MR) is 116 cm³/mol. The van der Waals surface area contributed by atoms with E-state index in [-0.39, 0.29) is 6.01 Å². The van der Waals surface area contributed by atoms with Gasteiger partial charge in [0.25, 0.3) is 0 Å². The van der Waals surface area contributed by atoms with E-state index in [2.05, 4.69) is 29.8 Å².